The molecule has 2 rings (SSSR count). The molecule has 1 aliphatic heterocycles. The smallest absolute Gasteiger partial charge is 0.265 e. The predicted molar refractivity (Wildman–Crippen MR) is 94.1 cm³/mol. The lowest BCUT2D eigenvalue weighted by Crippen LogP contribution is -3.12. The van der Waals surface area contributed by atoms with Crippen molar-refractivity contribution < 1.29 is 24.5 Å². The number of benzene rings is 1. The van der Waals surface area contributed by atoms with Crippen molar-refractivity contribution in [3.8, 4) is 11.5 Å². The Morgan fingerprint density at radius 1 is 1.38 bits per heavy atom. The minimum atomic E-state index is -0.704. The Morgan fingerprint density at radius 2 is 2.08 bits per heavy atom. The van der Waals surface area contributed by atoms with E-state index in [2.05, 4.69) is 0 Å². The molecular formula is C18H27N3O5. The third-order valence-corrected chi connectivity index (χ3v) is 5.01. The number of methoxy groups -OCH3 is 1. The fraction of sp³-hybridized carbons (Fsp3) is 0.611. The van der Waals surface area contributed by atoms with E-state index in [4.69, 9.17) is 4.74 Å². The Balaban J connectivity index is 2.14. The summed E-state index contributed by atoms with van der Waals surface area (Å²) in [7, 11) is 1.33. The Bertz CT molecular complexity index is 660. The number of hydrogen-bond donors (Lipinski definition) is 1. The van der Waals surface area contributed by atoms with Crippen LogP contribution in [0.5, 0.6) is 11.5 Å². The molecule has 0 aromatic heterocycles. The number of rotatable bonds is 7. The molecule has 0 radical (unpaired) electrons. The second-order valence-electron chi connectivity index (χ2n) is 6.63. The summed E-state index contributed by atoms with van der Waals surface area (Å²) in [5.41, 5.74) is 0.214. The summed E-state index contributed by atoms with van der Waals surface area (Å²) in [6.07, 6.45) is 1.81. The molecule has 8 heteroatoms. The highest BCUT2D eigenvalue weighted by molar-refractivity contribution is 5.78. The number of likely N-dealkylation sites (tertiary alicyclic amines) is 1. The number of nitrogens with zero attached hydrogens (tertiary/aromatic N) is 2. The minimum Gasteiger partial charge on any atom is -0.865 e. The van der Waals surface area contributed by atoms with Crippen LogP contribution in [0.25, 0.3) is 0 Å². The molecule has 1 heterocycles. The van der Waals surface area contributed by atoms with Crippen LogP contribution in [0.15, 0.2) is 12.1 Å². The first-order valence-electron chi connectivity index (χ1n) is 9.05. The summed E-state index contributed by atoms with van der Waals surface area (Å²) in [4.78, 5) is 26.1. The van der Waals surface area contributed by atoms with Gasteiger partial charge in [0.2, 0.25) is 5.91 Å². The minimum absolute atomic E-state index is 0.0126. The van der Waals surface area contributed by atoms with Crippen molar-refractivity contribution in [2.75, 3.05) is 33.3 Å². The van der Waals surface area contributed by atoms with Gasteiger partial charge >= 0.3 is 0 Å². The monoisotopic (exact) mass is 365 g/mol. The lowest BCUT2D eigenvalue weighted by atomic mass is 9.96. The van der Waals surface area contributed by atoms with Gasteiger partial charge < -0.3 is 19.6 Å². The van der Waals surface area contributed by atoms with Crippen LogP contribution in [-0.4, -0.2) is 49.0 Å². The largest absolute Gasteiger partial charge is 0.865 e. The van der Waals surface area contributed by atoms with E-state index in [9.17, 15) is 20.0 Å². The number of hydrogen-bond acceptors (Lipinski definition) is 5. The summed E-state index contributed by atoms with van der Waals surface area (Å²) >= 11 is 0. The third-order valence-electron chi connectivity index (χ3n) is 5.01. The summed E-state index contributed by atoms with van der Waals surface area (Å²) in [5.74, 6) is -0.550. The maximum Gasteiger partial charge on any atom is 0.265 e. The summed E-state index contributed by atoms with van der Waals surface area (Å²) in [6.45, 7) is 7.49. The topological polar surface area (TPSA) is 100 Å². The second kappa shape index (κ2) is 8.84. The van der Waals surface area contributed by atoms with Crippen LogP contribution in [-0.2, 0) is 11.3 Å². The maximum absolute atomic E-state index is 12.6. The van der Waals surface area contributed by atoms with Gasteiger partial charge in [0, 0.05) is 30.5 Å². The van der Waals surface area contributed by atoms with Crippen LogP contribution in [0.2, 0.25) is 0 Å². The van der Waals surface area contributed by atoms with Crippen molar-refractivity contribution in [1.82, 2.24) is 4.90 Å². The zero-order valence-corrected chi connectivity index (χ0v) is 15.6. The second-order valence-corrected chi connectivity index (χ2v) is 6.63. The van der Waals surface area contributed by atoms with E-state index >= 15 is 0 Å². The number of carbonyl (C=O) groups excluding carboxylic acids is 1. The molecule has 0 aliphatic carbocycles. The number of piperidine rings is 1. The normalized spacial score (nSPS) is 19.8. The van der Waals surface area contributed by atoms with Crippen molar-refractivity contribution in [1.29, 1.82) is 0 Å². The summed E-state index contributed by atoms with van der Waals surface area (Å²) in [5, 5.41) is 23.1. The van der Waals surface area contributed by atoms with E-state index in [1.807, 2.05) is 18.7 Å². The highest BCUT2D eigenvalue weighted by atomic mass is 16.6. The number of quaternary nitrogens is 1. The third kappa shape index (κ3) is 4.43. The van der Waals surface area contributed by atoms with Gasteiger partial charge in [0.15, 0.2) is 0 Å². The highest BCUT2D eigenvalue weighted by Crippen LogP contribution is 2.34. The lowest BCUT2D eigenvalue weighted by molar-refractivity contribution is -0.921. The molecule has 26 heavy (non-hydrogen) atoms. The van der Waals surface area contributed by atoms with Gasteiger partial charge in [-0.3, -0.25) is 14.9 Å². The number of nitro benzene ring substituents is 1. The summed E-state index contributed by atoms with van der Waals surface area (Å²) in [6, 6.07) is 2.89. The Labute approximate surface area is 153 Å². The first-order valence-corrected chi connectivity index (χ1v) is 9.05. The molecule has 0 spiro atoms. The molecular weight excluding hydrogens is 338 g/mol. The number of ether oxygens (including phenoxy) is 1. The Hall–Kier alpha value is -2.35. The molecule has 1 aromatic rings. The van der Waals surface area contributed by atoms with Crippen LogP contribution in [0.4, 0.5) is 5.69 Å². The zero-order chi connectivity index (χ0) is 19.3. The standard InChI is InChI=1S/C18H27N3O5/c1-4-20(5-2)18(23)14-7-6-8-19(12-14)11-13-9-15(21(24)25)17(22)16(10-13)26-3/h9-10,14,22H,4-8,11-12H2,1-3H3/t14-/m0/s1. The molecule has 144 valence electrons. The van der Waals surface area contributed by atoms with Gasteiger partial charge in [-0.05, 0) is 32.8 Å². The van der Waals surface area contributed by atoms with Crippen LogP contribution in [0, 0.1) is 16.0 Å². The number of amides is 1. The molecule has 1 N–H and O–H groups in total. The quantitative estimate of drug-likeness (QED) is 0.555. The maximum atomic E-state index is 12.6. The average molecular weight is 365 g/mol. The van der Waals surface area contributed by atoms with Gasteiger partial charge in [-0.2, -0.15) is 0 Å². The molecule has 0 bridgehead atoms. The average Bonchev–Trinajstić information content (AvgIpc) is 2.63. The predicted octanol–water partition coefficient (Wildman–Crippen LogP) is 0.340. The van der Waals surface area contributed by atoms with Crippen LogP contribution in [0.3, 0.4) is 0 Å². The zero-order valence-electron chi connectivity index (χ0n) is 15.6. The molecule has 1 aliphatic rings. The molecule has 1 saturated heterocycles. The van der Waals surface area contributed by atoms with Crippen LogP contribution < -0.4 is 14.7 Å². The van der Waals surface area contributed by atoms with Gasteiger partial charge in [-0.1, -0.05) is 0 Å². The first kappa shape index (κ1) is 20.0. The molecule has 1 unspecified atom stereocenters. The van der Waals surface area contributed by atoms with Crippen LogP contribution in [0.1, 0.15) is 32.3 Å². The number of nitro groups is 1. The number of carbonyl (C=O) groups is 1. The first-order chi connectivity index (χ1) is 12.4. The van der Waals surface area contributed by atoms with Crippen molar-refractivity contribution in [3.63, 3.8) is 0 Å². The summed E-state index contributed by atoms with van der Waals surface area (Å²) < 4.78 is 5.00. The molecule has 0 saturated carbocycles. The van der Waals surface area contributed by atoms with E-state index in [1.165, 1.54) is 18.1 Å². The van der Waals surface area contributed by atoms with Crippen molar-refractivity contribution in [3.05, 3.63) is 27.8 Å². The lowest BCUT2D eigenvalue weighted by Gasteiger charge is -2.32. The van der Waals surface area contributed by atoms with E-state index in [1.54, 1.807) is 6.07 Å². The fourth-order valence-corrected chi connectivity index (χ4v) is 3.64. The van der Waals surface area contributed by atoms with E-state index in [0.29, 0.717) is 31.7 Å². The Morgan fingerprint density at radius 3 is 2.65 bits per heavy atom. The fourth-order valence-electron chi connectivity index (χ4n) is 3.64. The van der Waals surface area contributed by atoms with Crippen molar-refractivity contribution in [2.24, 2.45) is 5.92 Å². The molecule has 1 amide bonds. The molecule has 1 fully saturated rings. The molecule has 8 nitrogen and oxygen atoms in total. The van der Waals surface area contributed by atoms with E-state index in [0.717, 1.165) is 19.4 Å². The van der Waals surface area contributed by atoms with Gasteiger partial charge in [0.05, 0.1) is 31.0 Å². The Kier molecular flexibility index (Phi) is 6.79. The van der Waals surface area contributed by atoms with E-state index in [-0.39, 0.29) is 17.6 Å². The van der Waals surface area contributed by atoms with Gasteiger partial charge in [-0.15, -0.1) is 0 Å². The van der Waals surface area contributed by atoms with Crippen molar-refractivity contribution >= 4 is 11.6 Å². The number of nitrogens with one attached hydrogen (secondary N) is 1. The van der Waals surface area contributed by atoms with Gasteiger partial charge in [0.25, 0.3) is 5.69 Å². The molecule has 1 aromatic carbocycles. The van der Waals surface area contributed by atoms with Crippen molar-refractivity contribution in [2.45, 2.75) is 33.2 Å². The van der Waals surface area contributed by atoms with Gasteiger partial charge in [-0.25, -0.2) is 0 Å². The molecule has 2 atom stereocenters. The highest BCUT2D eigenvalue weighted by Gasteiger charge is 2.31. The van der Waals surface area contributed by atoms with E-state index < -0.39 is 16.4 Å². The van der Waals surface area contributed by atoms with Crippen LogP contribution >= 0.6 is 0 Å². The SMILES string of the molecule is CCN(CC)C(=O)[C@H]1CCC[NH+](Cc2cc(OC)c([O-])c([N+](=O)[O-])c2)C1. The van der Waals surface area contributed by atoms with Gasteiger partial charge in [0.1, 0.15) is 12.3 Å².